The summed E-state index contributed by atoms with van der Waals surface area (Å²) >= 11 is 0. The highest BCUT2D eigenvalue weighted by Crippen LogP contribution is 2.31. The summed E-state index contributed by atoms with van der Waals surface area (Å²) in [4.78, 5) is 12.2. The second kappa shape index (κ2) is 14.3. The number of nitrogens with one attached hydrogen (secondary N) is 2. The van der Waals surface area contributed by atoms with E-state index in [2.05, 4.69) is 15.5 Å². The molecule has 3 rings (SSSR count). The minimum atomic E-state index is -1.96. The van der Waals surface area contributed by atoms with Gasteiger partial charge in [0.15, 0.2) is 6.17 Å². The molecule has 1 saturated heterocycles. The Morgan fingerprint density at radius 1 is 1.10 bits per heavy atom. The van der Waals surface area contributed by atoms with E-state index in [0.717, 1.165) is 16.8 Å². The van der Waals surface area contributed by atoms with E-state index < -0.39 is 62.7 Å². The second-order valence-corrected chi connectivity index (χ2v) is 10.5. The highest BCUT2D eigenvalue weighted by molar-refractivity contribution is 5.76. The number of rotatable bonds is 14. The van der Waals surface area contributed by atoms with Gasteiger partial charge in [0, 0.05) is 18.4 Å². The van der Waals surface area contributed by atoms with Gasteiger partial charge in [-0.15, -0.1) is 0 Å². The van der Waals surface area contributed by atoms with Gasteiger partial charge < -0.3 is 45.4 Å². The largest absolute Gasteiger partial charge is 0.445 e. The van der Waals surface area contributed by atoms with Gasteiger partial charge in [0.25, 0.3) is 0 Å². The highest BCUT2D eigenvalue weighted by atomic mass is 19.1. The monoisotopic (exact) mass is 569 g/mol. The summed E-state index contributed by atoms with van der Waals surface area (Å²) in [5.41, 5.74) is 1.90. The minimum absolute atomic E-state index is 0.0263. The fourth-order valence-corrected chi connectivity index (χ4v) is 4.47. The van der Waals surface area contributed by atoms with E-state index in [1.165, 1.54) is 0 Å². The van der Waals surface area contributed by atoms with Crippen LogP contribution < -0.4 is 10.1 Å². The fraction of sp³-hybridized carbons (Fsp3) is 0.630. The van der Waals surface area contributed by atoms with Crippen LogP contribution in [-0.2, 0) is 22.4 Å². The highest BCUT2D eigenvalue weighted by Gasteiger charge is 2.46. The summed E-state index contributed by atoms with van der Waals surface area (Å²) in [5, 5.41) is 67.3. The van der Waals surface area contributed by atoms with Crippen LogP contribution in [0.15, 0.2) is 24.3 Å². The first-order valence-electron chi connectivity index (χ1n) is 13.3. The number of aromatic amines is 1. The summed E-state index contributed by atoms with van der Waals surface area (Å²) in [6, 6.07) is 7.71. The number of carbonyl (C=O) groups excluding carboxylic acids is 1. The molecule has 3 unspecified atom stereocenters. The van der Waals surface area contributed by atoms with Gasteiger partial charge in [-0.3, -0.25) is 4.79 Å². The minimum Gasteiger partial charge on any atom is -0.445 e. The predicted octanol–water partition coefficient (Wildman–Crippen LogP) is -0.566. The van der Waals surface area contributed by atoms with Crippen molar-refractivity contribution >= 4 is 5.91 Å². The molecular weight excluding hydrogens is 529 g/mol. The molecule has 0 aliphatic carbocycles. The summed E-state index contributed by atoms with van der Waals surface area (Å²) in [6.45, 7) is 1.49. The molecule has 40 heavy (non-hydrogen) atoms. The smallest absolute Gasteiger partial charge is 0.231 e. The molecule has 2 heterocycles. The standard InChI is InChI=1S/C27H40FN3O9/c1-15(2)22-18(25(31-30-22)40-26-24(38)23(37)21(28)19(11-32)39-26)10-17-8-6-16(7-9-17)4-3-5-20(36)29-27(12-33,13-34)14-35/h6-9,15,19,21,23-24,26,32-35,37-38H,3-5,10-14H2,1-2H3,(H,29,36)(H,30,31)/t19?,21-,23?,24-,26?/m1/s1. The Kier molecular flexibility index (Phi) is 11.4. The van der Waals surface area contributed by atoms with Gasteiger partial charge in [0.1, 0.15) is 23.9 Å². The zero-order valence-electron chi connectivity index (χ0n) is 22.7. The first kappa shape index (κ1) is 31.9. The molecular formula is C27H40FN3O9. The van der Waals surface area contributed by atoms with Crippen molar-refractivity contribution in [2.75, 3.05) is 26.4 Å². The van der Waals surface area contributed by atoms with Gasteiger partial charge in [-0.05, 0) is 29.9 Å². The molecule has 1 amide bonds. The third-order valence-electron chi connectivity index (χ3n) is 7.03. The molecule has 224 valence electrons. The number of aliphatic hydroxyl groups is 6. The van der Waals surface area contributed by atoms with E-state index in [-0.39, 0.29) is 24.1 Å². The third-order valence-corrected chi connectivity index (χ3v) is 7.03. The Labute approximate surface area is 231 Å². The third kappa shape index (κ3) is 7.55. The average molecular weight is 570 g/mol. The number of hydrogen-bond donors (Lipinski definition) is 8. The van der Waals surface area contributed by atoms with Crippen molar-refractivity contribution in [3.05, 3.63) is 46.6 Å². The van der Waals surface area contributed by atoms with Crippen molar-refractivity contribution < 1.29 is 49.3 Å². The van der Waals surface area contributed by atoms with Crippen molar-refractivity contribution in [3.8, 4) is 5.88 Å². The maximum Gasteiger partial charge on any atom is 0.231 e. The molecule has 5 atom stereocenters. The predicted molar refractivity (Wildman–Crippen MR) is 140 cm³/mol. The molecule has 13 heteroatoms. The van der Waals surface area contributed by atoms with Crippen molar-refractivity contribution in [2.24, 2.45) is 0 Å². The maximum atomic E-state index is 14.1. The van der Waals surface area contributed by atoms with E-state index in [9.17, 15) is 39.8 Å². The summed E-state index contributed by atoms with van der Waals surface area (Å²) < 4.78 is 25.3. The van der Waals surface area contributed by atoms with Gasteiger partial charge >= 0.3 is 0 Å². The number of halogens is 1. The molecule has 2 aromatic rings. The van der Waals surface area contributed by atoms with Crippen LogP contribution in [0.2, 0.25) is 0 Å². The summed E-state index contributed by atoms with van der Waals surface area (Å²) in [5.74, 6) is -0.151. The van der Waals surface area contributed by atoms with E-state index in [1.54, 1.807) is 0 Å². The Hall–Kier alpha value is -2.65. The molecule has 1 aliphatic rings. The van der Waals surface area contributed by atoms with Crippen LogP contribution in [0.1, 0.15) is 55.0 Å². The van der Waals surface area contributed by atoms with Crippen LogP contribution in [0.5, 0.6) is 5.88 Å². The topological polar surface area (TPSA) is 198 Å². The molecule has 1 aromatic carbocycles. The van der Waals surface area contributed by atoms with Crippen LogP contribution in [0.4, 0.5) is 4.39 Å². The number of ether oxygens (including phenoxy) is 2. The van der Waals surface area contributed by atoms with Crippen molar-refractivity contribution in [1.29, 1.82) is 0 Å². The van der Waals surface area contributed by atoms with Gasteiger partial charge in [-0.2, -0.15) is 5.10 Å². The number of alkyl halides is 1. The second-order valence-electron chi connectivity index (χ2n) is 10.5. The summed E-state index contributed by atoms with van der Waals surface area (Å²) in [6.07, 6.45) is -6.50. The number of aryl methyl sites for hydroxylation is 1. The van der Waals surface area contributed by atoms with Gasteiger partial charge in [-0.1, -0.05) is 38.1 Å². The fourth-order valence-electron chi connectivity index (χ4n) is 4.47. The lowest BCUT2D eigenvalue weighted by Crippen LogP contribution is -2.58. The number of carbonyl (C=O) groups is 1. The number of hydrogen-bond acceptors (Lipinski definition) is 10. The number of aromatic nitrogens is 2. The molecule has 1 aliphatic heterocycles. The van der Waals surface area contributed by atoms with Crippen molar-refractivity contribution in [2.45, 2.75) is 81.8 Å². The Morgan fingerprint density at radius 3 is 2.30 bits per heavy atom. The van der Waals surface area contributed by atoms with Crippen LogP contribution in [0.25, 0.3) is 0 Å². The number of aliphatic hydroxyl groups excluding tert-OH is 6. The van der Waals surface area contributed by atoms with Crippen LogP contribution in [-0.4, -0.2) is 109 Å². The quantitative estimate of drug-likeness (QED) is 0.146. The maximum absolute atomic E-state index is 14.1. The Bertz CT molecular complexity index is 1070. The molecule has 0 radical (unpaired) electrons. The van der Waals surface area contributed by atoms with Gasteiger partial charge in [-0.25, -0.2) is 9.49 Å². The average Bonchev–Trinajstić information content (AvgIpc) is 3.35. The number of H-pyrrole nitrogens is 1. The van der Waals surface area contributed by atoms with Crippen LogP contribution in [0.3, 0.4) is 0 Å². The van der Waals surface area contributed by atoms with Crippen molar-refractivity contribution in [1.82, 2.24) is 15.5 Å². The van der Waals surface area contributed by atoms with Crippen LogP contribution >= 0.6 is 0 Å². The van der Waals surface area contributed by atoms with Crippen LogP contribution in [0, 0.1) is 0 Å². The Balaban J connectivity index is 1.64. The molecule has 12 nitrogen and oxygen atoms in total. The van der Waals surface area contributed by atoms with Crippen molar-refractivity contribution in [3.63, 3.8) is 0 Å². The van der Waals surface area contributed by atoms with E-state index in [1.807, 2.05) is 38.1 Å². The van der Waals surface area contributed by atoms with E-state index in [0.29, 0.717) is 24.8 Å². The van der Waals surface area contributed by atoms with E-state index >= 15 is 0 Å². The molecule has 0 bridgehead atoms. The number of nitrogens with zero attached hydrogens (tertiary/aromatic N) is 1. The lowest BCUT2D eigenvalue weighted by Gasteiger charge is -2.38. The van der Waals surface area contributed by atoms with Gasteiger partial charge in [0.05, 0.1) is 32.1 Å². The van der Waals surface area contributed by atoms with E-state index in [4.69, 9.17) is 9.47 Å². The molecule has 8 N–H and O–H groups in total. The lowest BCUT2D eigenvalue weighted by molar-refractivity contribution is -0.265. The lowest BCUT2D eigenvalue weighted by atomic mass is 9.98. The summed E-state index contributed by atoms with van der Waals surface area (Å²) in [7, 11) is 0. The zero-order chi connectivity index (χ0) is 29.4. The Morgan fingerprint density at radius 2 is 1.73 bits per heavy atom. The zero-order valence-corrected chi connectivity index (χ0v) is 22.7. The molecule has 0 spiro atoms. The SMILES string of the molecule is CC(C)c1n[nH]c(OC2OC(CO)[C@@H](F)C(O)[C@H]2O)c1Cc1ccc(CCCC(=O)NC(CO)(CO)CO)cc1. The first-order valence-corrected chi connectivity index (χ1v) is 13.3. The number of benzene rings is 1. The normalized spacial score (nSPS) is 23.4. The van der Waals surface area contributed by atoms with Gasteiger partial charge in [0.2, 0.25) is 18.1 Å². The number of amides is 1. The molecule has 1 fully saturated rings. The molecule has 0 saturated carbocycles. The first-order chi connectivity index (χ1) is 19.1. The molecule has 1 aromatic heterocycles.